The van der Waals surface area contributed by atoms with Crippen molar-refractivity contribution in [2.24, 2.45) is 0 Å². The summed E-state index contributed by atoms with van der Waals surface area (Å²) < 4.78 is 21.8. The van der Waals surface area contributed by atoms with Crippen molar-refractivity contribution in [3.63, 3.8) is 0 Å². The number of ether oxygens (including phenoxy) is 4. The van der Waals surface area contributed by atoms with E-state index in [-0.39, 0.29) is 0 Å². The standard InChI is InChI=1S/C21H23NO4/c1-5-25-18-9-7-16(20(13-18)26-6-2)11-17(14-22)15-8-10-19(23-3)21(12-15)24-4/h7-13H,5-6H2,1-4H3/b17-11+. The third kappa shape index (κ3) is 4.48. The van der Waals surface area contributed by atoms with Gasteiger partial charge in [0.2, 0.25) is 0 Å². The number of hydrogen-bond donors (Lipinski definition) is 0. The number of methoxy groups -OCH3 is 2. The summed E-state index contributed by atoms with van der Waals surface area (Å²) >= 11 is 0. The second-order valence-corrected chi connectivity index (χ2v) is 5.31. The predicted octanol–water partition coefficient (Wildman–Crippen LogP) is 4.57. The van der Waals surface area contributed by atoms with E-state index in [0.29, 0.717) is 36.0 Å². The summed E-state index contributed by atoms with van der Waals surface area (Å²) in [6, 6.07) is 13.2. The van der Waals surface area contributed by atoms with E-state index in [2.05, 4.69) is 6.07 Å². The minimum absolute atomic E-state index is 0.496. The number of nitrogens with zero attached hydrogens (tertiary/aromatic N) is 1. The third-order valence-corrected chi connectivity index (χ3v) is 3.71. The summed E-state index contributed by atoms with van der Waals surface area (Å²) in [7, 11) is 3.14. The summed E-state index contributed by atoms with van der Waals surface area (Å²) in [5.41, 5.74) is 2.04. The Balaban J connectivity index is 2.47. The van der Waals surface area contributed by atoms with Crippen LogP contribution in [0.3, 0.4) is 0 Å². The molecule has 0 spiro atoms. The number of rotatable bonds is 8. The lowest BCUT2D eigenvalue weighted by molar-refractivity contribution is 0.322. The van der Waals surface area contributed by atoms with Gasteiger partial charge in [0.1, 0.15) is 11.5 Å². The van der Waals surface area contributed by atoms with Crippen LogP contribution in [0.1, 0.15) is 25.0 Å². The molecule has 136 valence electrons. The Labute approximate surface area is 154 Å². The fourth-order valence-corrected chi connectivity index (χ4v) is 2.51. The van der Waals surface area contributed by atoms with Gasteiger partial charge in [-0.1, -0.05) is 0 Å². The fourth-order valence-electron chi connectivity index (χ4n) is 2.51. The predicted molar refractivity (Wildman–Crippen MR) is 102 cm³/mol. The highest BCUT2D eigenvalue weighted by atomic mass is 16.5. The van der Waals surface area contributed by atoms with Crippen molar-refractivity contribution < 1.29 is 18.9 Å². The number of benzene rings is 2. The Bertz CT molecular complexity index is 821. The van der Waals surface area contributed by atoms with Crippen molar-refractivity contribution in [1.29, 1.82) is 5.26 Å². The highest BCUT2D eigenvalue weighted by Gasteiger charge is 2.10. The molecule has 0 atom stereocenters. The van der Waals surface area contributed by atoms with E-state index in [1.165, 1.54) is 0 Å². The van der Waals surface area contributed by atoms with E-state index >= 15 is 0 Å². The summed E-state index contributed by atoms with van der Waals surface area (Å²) in [5, 5.41) is 9.63. The van der Waals surface area contributed by atoms with Gasteiger partial charge >= 0.3 is 0 Å². The Morgan fingerprint density at radius 3 is 2.27 bits per heavy atom. The molecule has 0 aliphatic carbocycles. The highest BCUT2D eigenvalue weighted by molar-refractivity contribution is 5.91. The average molecular weight is 353 g/mol. The average Bonchev–Trinajstić information content (AvgIpc) is 2.67. The molecule has 0 amide bonds. The maximum Gasteiger partial charge on any atom is 0.161 e. The van der Waals surface area contributed by atoms with E-state index in [4.69, 9.17) is 18.9 Å². The topological polar surface area (TPSA) is 60.7 Å². The van der Waals surface area contributed by atoms with Gasteiger partial charge in [-0.05, 0) is 55.8 Å². The molecule has 2 aromatic carbocycles. The van der Waals surface area contributed by atoms with Gasteiger partial charge in [-0.25, -0.2) is 0 Å². The molecule has 2 rings (SSSR count). The molecule has 0 aromatic heterocycles. The molecular formula is C21H23NO4. The van der Waals surface area contributed by atoms with Crippen LogP contribution >= 0.6 is 0 Å². The molecule has 5 nitrogen and oxygen atoms in total. The monoisotopic (exact) mass is 353 g/mol. The summed E-state index contributed by atoms with van der Waals surface area (Å²) in [5.74, 6) is 2.59. The van der Waals surface area contributed by atoms with Crippen molar-refractivity contribution in [3.05, 3.63) is 47.5 Å². The molecule has 0 N–H and O–H groups in total. The van der Waals surface area contributed by atoms with Crippen molar-refractivity contribution >= 4 is 11.6 Å². The summed E-state index contributed by atoms with van der Waals surface area (Å²) in [6.07, 6.45) is 1.79. The largest absolute Gasteiger partial charge is 0.494 e. The quantitative estimate of drug-likeness (QED) is 0.514. The van der Waals surface area contributed by atoms with Gasteiger partial charge in [-0.15, -0.1) is 0 Å². The molecule has 0 bridgehead atoms. The minimum atomic E-state index is 0.496. The zero-order chi connectivity index (χ0) is 18.9. The molecule has 0 saturated heterocycles. The van der Waals surface area contributed by atoms with Crippen LogP contribution in [0, 0.1) is 11.3 Å². The van der Waals surface area contributed by atoms with Crippen LogP contribution in [-0.2, 0) is 0 Å². The lowest BCUT2D eigenvalue weighted by atomic mass is 10.0. The molecular weight excluding hydrogens is 330 g/mol. The first-order valence-electron chi connectivity index (χ1n) is 8.40. The van der Waals surface area contributed by atoms with Crippen LogP contribution in [0.4, 0.5) is 0 Å². The van der Waals surface area contributed by atoms with Crippen LogP contribution in [-0.4, -0.2) is 27.4 Å². The van der Waals surface area contributed by atoms with Crippen LogP contribution in [0.15, 0.2) is 36.4 Å². The van der Waals surface area contributed by atoms with Crippen molar-refractivity contribution in [2.75, 3.05) is 27.4 Å². The Morgan fingerprint density at radius 1 is 0.923 bits per heavy atom. The lowest BCUT2D eigenvalue weighted by Gasteiger charge is -2.12. The maximum absolute atomic E-state index is 9.63. The van der Waals surface area contributed by atoms with E-state index in [0.717, 1.165) is 16.9 Å². The molecule has 0 heterocycles. The van der Waals surface area contributed by atoms with Gasteiger partial charge in [0.15, 0.2) is 11.5 Å². The van der Waals surface area contributed by atoms with E-state index < -0.39 is 0 Å². The second-order valence-electron chi connectivity index (χ2n) is 5.31. The molecule has 0 fully saturated rings. The minimum Gasteiger partial charge on any atom is -0.494 e. The smallest absolute Gasteiger partial charge is 0.161 e. The van der Waals surface area contributed by atoms with Gasteiger partial charge in [0.25, 0.3) is 0 Å². The Hall–Kier alpha value is -3.13. The number of allylic oxidation sites excluding steroid dienone is 1. The number of nitriles is 1. The molecule has 5 heteroatoms. The summed E-state index contributed by atoms with van der Waals surface area (Å²) in [4.78, 5) is 0. The molecule has 0 aliphatic heterocycles. The van der Waals surface area contributed by atoms with Crippen molar-refractivity contribution in [3.8, 4) is 29.1 Å². The van der Waals surface area contributed by atoms with E-state index in [1.54, 1.807) is 32.4 Å². The third-order valence-electron chi connectivity index (χ3n) is 3.71. The molecule has 2 aromatic rings. The zero-order valence-corrected chi connectivity index (χ0v) is 15.5. The molecule has 26 heavy (non-hydrogen) atoms. The lowest BCUT2D eigenvalue weighted by Crippen LogP contribution is -1.97. The highest BCUT2D eigenvalue weighted by Crippen LogP contribution is 2.33. The van der Waals surface area contributed by atoms with E-state index in [9.17, 15) is 5.26 Å². The van der Waals surface area contributed by atoms with Crippen molar-refractivity contribution in [2.45, 2.75) is 13.8 Å². The second kappa shape index (κ2) is 9.38. The van der Waals surface area contributed by atoms with Gasteiger partial charge in [0.05, 0.1) is 39.1 Å². The van der Waals surface area contributed by atoms with Crippen LogP contribution < -0.4 is 18.9 Å². The molecule has 0 saturated carbocycles. The van der Waals surface area contributed by atoms with Crippen LogP contribution in [0.2, 0.25) is 0 Å². The maximum atomic E-state index is 9.63. The first kappa shape index (κ1) is 19.2. The van der Waals surface area contributed by atoms with Gasteiger partial charge in [-0.2, -0.15) is 5.26 Å². The number of hydrogen-bond acceptors (Lipinski definition) is 5. The van der Waals surface area contributed by atoms with E-state index in [1.807, 2.05) is 38.1 Å². The Morgan fingerprint density at radius 2 is 1.65 bits per heavy atom. The van der Waals surface area contributed by atoms with Crippen LogP contribution in [0.5, 0.6) is 23.0 Å². The summed E-state index contributed by atoms with van der Waals surface area (Å²) in [6.45, 7) is 4.95. The van der Waals surface area contributed by atoms with Gasteiger partial charge in [-0.3, -0.25) is 0 Å². The molecule has 0 unspecified atom stereocenters. The SMILES string of the molecule is CCOc1ccc(/C=C(\C#N)c2ccc(OC)c(OC)c2)c(OCC)c1. The normalized spacial score (nSPS) is 10.8. The Kier molecular flexibility index (Phi) is 6.92. The van der Waals surface area contributed by atoms with Crippen molar-refractivity contribution in [1.82, 2.24) is 0 Å². The molecule has 0 radical (unpaired) electrons. The fraction of sp³-hybridized carbons (Fsp3) is 0.286. The van der Waals surface area contributed by atoms with Gasteiger partial charge < -0.3 is 18.9 Å². The first-order valence-corrected chi connectivity index (χ1v) is 8.40. The molecule has 0 aliphatic rings. The van der Waals surface area contributed by atoms with Crippen LogP contribution in [0.25, 0.3) is 11.6 Å². The first-order chi connectivity index (χ1) is 12.7. The zero-order valence-electron chi connectivity index (χ0n) is 15.5. The van der Waals surface area contributed by atoms with Gasteiger partial charge in [0, 0.05) is 11.6 Å².